The Bertz CT molecular complexity index is 568. The predicted molar refractivity (Wildman–Crippen MR) is 76.7 cm³/mol. The number of hydrogen-bond donors (Lipinski definition) is 2. The summed E-state index contributed by atoms with van der Waals surface area (Å²) in [5, 5.41) is 13.2. The SMILES string of the molecule is CC(CC(O)c1ccco1)NC(=O)c1ccccc1Cl. The Morgan fingerprint density at radius 2 is 2.10 bits per heavy atom. The van der Waals surface area contributed by atoms with Gasteiger partial charge in [0.1, 0.15) is 11.9 Å². The molecule has 0 spiro atoms. The molecule has 106 valence electrons. The van der Waals surface area contributed by atoms with E-state index in [0.717, 1.165) is 0 Å². The van der Waals surface area contributed by atoms with Gasteiger partial charge in [0.25, 0.3) is 5.91 Å². The molecule has 0 bridgehead atoms. The molecule has 2 unspecified atom stereocenters. The molecule has 5 heteroatoms. The van der Waals surface area contributed by atoms with E-state index in [9.17, 15) is 9.90 Å². The van der Waals surface area contributed by atoms with Crippen LogP contribution in [-0.4, -0.2) is 17.1 Å². The van der Waals surface area contributed by atoms with Gasteiger partial charge in [-0.1, -0.05) is 23.7 Å². The lowest BCUT2D eigenvalue weighted by atomic mass is 10.1. The van der Waals surface area contributed by atoms with Crippen LogP contribution in [0, 0.1) is 0 Å². The Morgan fingerprint density at radius 1 is 1.35 bits per heavy atom. The van der Waals surface area contributed by atoms with Crippen LogP contribution in [0.15, 0.2) is 47.1 Å². The average Bonchev–Trinajstić information content (AvgIpc) is 2.92. The minimum atomic E-state index is -0.744. The van der Waals surface area contributed by atoms with Gasteiger partial charge in [0.2, 0.25) is 0 Å². The number of amides is 1. The highest BCUT2D eigenvalue weighted by atomic mass is 35.5. The van der Waals surface area contributed by atoms with Crippen molar-refractivity contribution in [2.45, 2.75) is 25.5 Å². The van der Waals surface area contributed by atoms with Crippen LogP contribution in [0.1, 0.15) is 35.6 Å². The van der Waals surface area contributed by atoms with Gasteiger partial charge >= 0.3 is 0 Å². The number of carbonyl (C=O) groups is 1. The molecule has 1 amide bonds. The Kier molecular flexibility index (Phi) is 4.82. The normalized spacial score (nSPS) is 13.8. The maximum absolute atomic E-state index is 12.0. The first-order valence-corrected chi connectivity index (χ1v) is 6.72. The first-order chi connectivity index (χ1) is 9.58. The van der Waals surface area contributed by atoms with Gasteiger partial charge in [-0.25, -0.2) is 0 Å². The van der Waals surface area contributed by atoms with Crippen LogP contribution in [0.2, 0.25) is 5.02 Å². The summed E-state index contributed by atoms with van der Waals surface area (Å²) < 4.78 is 5.12. The van der Waals surface area contributed by atoms with Gasteiger partial charge in [-0.3, -0.25) is 4.79 Å². The van der Waals surface area contributed by atoms with E-state index in [0.29, 0.717) is 22.8 Å². The van der Waals surface area contributed by atoms with E-state index in [2.05, 4.69) is 5.32 Å². The molecule has 1 aromatic carbocycles. The van der Waals surface area contributed by atoms with Crippen LogP contribution in [0.5, 0.6) is 0 Å². The van der Waals surface area contributed by atoms with E-state index < -0.39 is 6.10 Å². The molecule has 0 radical (unpaired) electrons. The third kappa shape index (κ3) is 3.62. The fraction of sp³-hybridized carbons (Fsp3) is 0.267. The lowest BCUT2D eigenvalue weighted by molar-refractivity contribution is 0.0903. The molecular formula is C15H16ClNO3. The number of halogens is 1. The molecule has 20 heavy (non-hydrogen) atoms. The van der Waals surface area contributed by atoms with Crippen molar-refractivity contribution in [1.29, 1.82) is 0 Å². The second kappa shape index (κ2) is 6.59. The van der Waals surface area contributed by atoms with Crippen molar-refractivity contribution in [3.63, 3.8) is 0 Å². The quantitative estimate of drug-likeness (QED) is 0.890. The van der Waals surface area contributed by atoms with Crippen molar-refractivity contribution in [2.75, 3.05) is 0 Å². The Balaban J connectivity index is 1.93. The molecular weight excluding hydrogens is 278 g/mol. The van der Waals surface area contributed by atoms with E-state index >= 15 is 0 Å². The summed E-state index contributed by atoms with van der Waals surface area (Å²) in [6.07, 6.45) is 1.13. The molecule has 0 aliphatic heterocycles. The highest BCUT2D eigenvalue weighted by molar-refractivity contribution is 6.33. The number of carbonyl (C=O) groups excluding carboxylic acids is 1. The van der Waals surface area contributed by atoms with Crippen LogP contribution >= 0.6 is 11.6 Å². The fourth-order valence-corrected chi connectivity index (χ4v) is 2.16. The zero-order chi connectivity index (χ0) is 14.5. The fourth-order valence-electron chi connectivity index (χ4n) is 1.94. The van der Waals surface area contributed by atoms with Crippen molar-refractivity contribution >= 4 is 17.5 Å². The molecule has 0 aliphatic rings. The molecule has 2 N–H and O–H groups in total. The van der Waals surface area contributed by atoms with Gasteiger partial charge < -0.3 is 14.8 Å². The van der Waals surface area contributed by atoms with Crippen LogP contribution in [-0.2, 0) is 0 Å². The zero-order valence-corrected chi connectivity index (χ0v) is 11.8. The monoisotopic (exact) mass is 293 g/mol. The van der Waals surface area contributed by atoms with Crippen molar-refractivity contribution < 1.29 is 14.3 Å². The topological polar surface area (TPSA) is 62.5 Å². The second-order valence-electron chi connectivity index (χ2n) is 4.62. The smallest absolute Gasteiger partial charge is 0.253 e. The minimum Gasteiger partial charge on any atom is -0.467 e. The molecule has 4 nitrogen and oxygen atoms in total. The number of benzene rings is 1. The third-order valence-corrected chi connectivity index (χ3v) is 3.27. The second-order valence-corrected chi connectivity index (χ2v) is 5.03. The van der Waals surface area contributed by atoms with Crippen molar-refractivity contribution in [1.82, 2.24) is 5.32 Å². The van der Waals surface area contributed by atoms with Crippen LogP contribution < -0.4 is 5.32 Å². The molecule has 2 rings (SSSR count). The maximum Gasteiger partial charge on any atom is 0.253 e. The summed E-state index contributed by atoms with van der Waals surface area (Å²) in [6.45, 7) is 1.82. The van der Waals surface area contributed by atoms with Crippen molar-refractivity contribution in [2.24, 2.45) is 0 Å². The number of aliphatic hydroxyl groups excluding tert-OH is 1. The van der Waals surface area contributed by atoms with Gasteiger partial charge in [-0.2, -0.15) is 0 Å². The summed E-state index contributed by atoms with van der Waals surface area (Å²) in [5.41, 5.74) is 0.425. The summed E-state index contributed by atoms with van der Waals surface area (Å²) in [4.78, 5) is 12.0. The Labute approximate surface area is 122 Å². The molecule has 1 heterocycles. The molecule has 2 atom stereocenters. The van der Waals surface area contributed by atoms with Gasteiger partial charge in [0.15, 0.2) is 0 Å². The lowest BCUT2D eigenvalue weighted by Crippen LogP contribution is -2.33. The molecule has 1 aromatic heterocycles. The van der Waals surface area contributed by atoms with E-state index in [1.807, 2.05) is 6.92 Å². The van der Waals surface area contributed by atoms with Crippen molar-refractivity contribution in [3.8, 4) is 0 Å². The molecule has 2 aromatic rings. The summed E-state index contributed by atoms with van der Waals surface area (Å²) in [5.74, 6) is 0.235. The zero-order valence-electron chi connectivity index (χ0n) is 11.0. The first-order valence-electron chi connectivity index (χ1n) is 6.35. The third-order valence-electron chi connectivity index (χ3n) is 2.94. The summed E-state index contributed by atoms with van der Waals surface area (Å²) in [6, 6.07) is 10.1. The summed E-state index contributed by atoms with van der Waals surface area (Å²) in [7, 11) is 0. The number of furan rings is 1. The maximum atomic E-state index is 12.0. The van der Waals surface area contributed by atoms with Crippen LogP contribution in [0.3, 0.4) is 0 Å². The number of nitrogens with one attached hydrogen (secondary N) is 1. The number of aliphatic hydroxyl groups is 1. The van der Waals surface area contributed by atoms with Gasteiger partial charge in [-0.05, 0) is 31.2 Å². The first kappa shape index (κ1) is 14.6. The minimum absolute atomic E-state index is 0.209. The number of hydrogen-bond acceptors (Lipinski definition) is 3. The Morgan fingerprint density at radius 3 is 2.75 bits per heavy atom. The highest BCUT2D eigenvalue weighted by Gasteiger charge is 2.17. The highest BCUT2D eigenvalue weighted by Crippen LogP contribution is 2.19. The predicted octanol–water partition coefficient (Wildman–Crippen LogP) is 3.18. The van der Waals surface area contributed by atoms with E-state index in [-0.39, 0.29) is 11.9 Å². The van der Waals surface area contributed by atoms with E-state index in [1.54, 1.807) is 36.4 Å². The van der Waals surface area contributed by atoms with Gasteiger partial charge in [0.05, 0.1) is 16.8 Å². The van der Waals surface area contributed by atoms with Gasteiger partial charge in [0, 0.05) is 12.5 Å². The molecule has 0 saturated heterocycles. The van der Waals surface area contributed by atoms with Gasteiger partial charge in [-0.15, -0.1) is 0 Å². The van der Waals surface area contributed by atoms with Crippen molar-refractivity contribution in [3.05, 3.63) is 59.0 Å². The standard InChI is InChI=1S/C15H16ClNO3/c1-10(9-13(18)14-7-4-8-20-14)17-15(19)11-5-2-3-6-12(11)16/h2-8,10,13,18H,9H2,1H3,(H,17,19). The molecule has 0 aliphatic carbocycles. The van der Waals surface area contributed by atoms with E-state index in [1.165, 1.54) is 6.26 Å². The molecule has 0 fully saturated rings. The Hall–Kier alpha value is -1.78. The van der Waals surface area contributed by atoms with Crippen LogP contribution in [0.25, 0.3) is 0 Å². The van der Waals surface area contributed by atoms with E-state index in [4.69, 9.17) is 16.0 Å². The lowest BCUT2D eigenvalue weighted by Gasteiger charge is -2.17. The number of rotatable bonds is 5. The largest absolute Gasteiger partial charge is 0.467 e. The molecule has 0 saturated carbocycles. The average molecular weight is 294 g/mol. The van der Waals surface area contributed by atoms with Crippen LogP contribution in [0.4, 0.5) is 0 Å². The summed E-state index contributed by atoms with van der Waals surface area (Å²) >= 11 is 5.96.